The molecule has 0 aliphatic rings. The molecule has 2 aromatic heterocycles. The molecule has 0 spiro atoms. The van der Waals surface area contributed by atoms with Gasteiger partial charge in [0.1, 0.15) is 0 Å². The molecule has 3 rings (SSSR count). The number of anilines is 1. The Morgan fingerprint density at radius 1 is 1.44 bits per heavy atom. The lowest BCUT2D eigenvalue weighted by molar-refractivity contribution is 0.843. The molecule has 0 atom stereocenters. The Balaban J connectivity index is 2.13. The molecule has 92 valence electrons. The van der Waals surface area contributed by atoms with Crippen molar-refractivity contribution < 1.29 is 0 Å². The highest BCUT2D eigenvalue weighted by Crippen LogP contribution is 2.24. The number of halogens is 1. The van der Waals surface area contributed by atoms with E-state index in [-0.39, 0.29) is 0 Å². The monoisotopic (exact) mass is 278 g/mol. The number of aryl methyl sites for hydroxylation is 1. The highest BCUT2D eigenvalue weighted by molar-refractivity contribution is 7.09. The van der Waals surface area contributed by atoms with E-state index in [1.807, 2.05) is 35.2 Å². The lowest BCUT2D eigenvalue weighted by Crippen LogP contribution is -2.04. The van der Waals surface area contributed by atoms with E-state index >= 15 is 0 Å². The Morgan fingerprint density at radius 2 is 2.28 bits per heavy atom. The third kappa shape index (κ3) is 1.85. The van der Waals surface area contributed by atoms with E-state index in [1.165, 1.54) is 4.88 Å². The van der Waals surface area contributed by atoms with Crippen molar-refractivity contribution in [3.63, 3.8) is 0 Å². The summed E-state index contributed by atoms with van der Waals surface area (Å²) >= 11 is 7.64. The Bertz CT molecular complexity index is 716. The first-order valence-electron chi connectivity index (χ1n) is 5.45. The van der Waals surface area contributed by atoms with Gasteiger partial charge in [-0.25, -0.2) is 9.97 Å². The van der Waals surface area contributed by atoms with E-state index in [2.05, 4.69) is 9.97 Å². The SMILES string of the molecule is Cc1ncsc1Cn1c(N)nc2ccc(Cl)cc21. The molecular formula is C12H11ClN4S. The molecule has 0 aliphatic carbocycles. The van der Waals surface area contributed by atoms with Crippen LogP contribution in [-0.4, -0.2) is 14.5 Å². The van der Waals surface area contributed by atoms with Gasteiger partial charge in [-0.15, -0.1) is 11.3 Å². The molecule has 0 radical (unpaired) electrons. The first kappa shape index (κ1) is 11.5. The average Bonchev–Trinajstić information content (AvgIpc) is 2.86. The van der Waals surface area contributed by atoms with Crippen LogP contribution in [0.3, 0.4) is 0 Å². The number of benzene rings is 1. The Hall–Kier alpha value is -1.59. The molecule has 4 nitrogen and oxygen atoms in total. The van der Waals surface area contributed by atoms with Crippen LogP contribution in [0.25, 0.3) is 11.0 Å². The normalized spacial score (nSPS) is 11.2. The van der Waals surface area contributed by atoms with Crippen molar-refractivity contribution in [2.45, 2.75) is 13.5 Å². The number of hydrogen-bond donors (Lipinski definition) is 1. The van der Waals surface area contributed by atoms with E-state index in [1.54, 1.807) is 11.3 Å². The highest BCUT2D eigenvalue weighted by atomic mass is 35.5. The van der Waals surface area contributed by atoms with Crippen molar-refractivity contribution in [2.75, 3.05) is 5.73 Å². The summed E-state index contributed by atoms with van der Waals surface area (Å²) in [7, 11) is 0. The van der Waals surface area contributed by atoms with Gasteiger partial charge in [-0.2, -0.15) is 0 Å². The first-order valence-corrected chi connectivity index (χ1v) is 6.71. The zero-order valence-corrected chi connectivity index (χ0v) is 11.3. The number of nitrogens with zero attached hydrogens (tertiary/aromatic N) is 3. The topological polar surface area (TPSA) is 56.7 Å². The third-order valence-corrected chi connectivity index (χ3v) is 4.04. The van der Waals surface area contributed by atoms with Gasteiger partial charge in [-0.05, 0) is 25.1 Å². The number of nitrogens with two attached hydrogens (primary N) is 1. The lowest BCUT2D eigenvalue weighted by Gasteiger charge is -2.05. The standard InChI is InChI=1S/C12H11ClN4S/c1-7-11(18-6-15-7)5-17-10-4-8(13)2-3-9(10)16-12(17)14/h2-4,6H,5H2,1H3,(H2,14,16). The van der Waals surface area contributed by atoms with Crippen LogP contribution >= 0.6 is 22.9 Å². The maximum Gasteiger partial charge on any atom is 0.201 e. The quantitative estimate of drug-likeness (QED) is 0.784. The summed E-state index contributed by atoms with van der Waals surface area (Å²) in [5, 5.41) is 0.685. The van der Waals surface area contributed by atoms with Crippen LogP contribution < -0.4 is 5.73 Å². The fraction of sp³-hybridized carbons (Fsp3) is 0.167. The van der Waals surface area contributed by atoms with Gasteiger partial charge >= 0.3 is 0 Å². The molecule has 1 aromatic carbocycles. The minimum atomic E-state index is 0.500. The van der Waals surface area contributed by atoms with E-state index in [9.17, 15) is 0 Å². The van der Waals surface area contributed by atoms with Gasteiger partial charge in [-0.3, -0.25) is 0 Å². The smallest absolute Gasteiger partial charge is 0.201 e. The van der Waals surface area contributed by atoms with Gasteiger partial charge in [-0.1, -0.05) is 11.6 Å². The van der Waals surface area contributed by atoms with Crippen molar-refractivity contribution in [3.05, 3.63) is 39.3 Å². The highest BCUT2D eigenvalue weighted by Gasteiger charge is 2.11. The van der Waals surface area contributed by atoms with E-state index in [4.69, 9.17) is 17.3 Å². The summed E-state index contributed by atoms with van der Waals surface area (Å²) in [5.74, 6) is 0.500. The number of aromatic nitrogens is 3. The molecule has 6 heteroatoms. The van der Waals surface area contributed by atoms with Crippen molar-refractivity contribution in [1.82, 2.24) is 14.5 Å². The van der Waals surface area contributed by atoms with E-state index < -0.39 is 0 Å². The molecular weight excluding hydrogens is 268 g/mol. The predicted molar refractivity (Wildman–Crippen MR) is 75.1 cm³/mol. The number of rotatable bonds is 2. The van der Waals surface area contributed by atoms with E-state index in [0.717, 1.165) is 16.7 Å². The number of fused-ring (bicyclic) bond motifs is 1. The second-order valence-electron chi connectivity index (χ2n) is 4.05. The lowest BCUT2D eigenvalue weighted by atomic mass is 10.3. The molecule has 0 fully saturated rings. The summed E-state index contributed by atoms with van der Waals surface area (Å²) in [5.41, 5.74) is 10.6. The van der Waals surface area contributed by atoms with Crippen molar-refractivity contribution in [3.8, 4) is 0 Å². The minimum absolute atomic E-state index is 0.500. The van der Waals surface area contributed by atoms with Crippen molar-refractivity contribution >= 4 is 39.9 Å². The Labute approximate surface area is 113 Å². The molecule has 0 aliphatic heterocycles. The second-order valence-corrected chi connectivity index (χ2v) is 5.43. The maximum absolute atomic E-state index is 6.02. The van der Waals surface area contributed by atoms with Gasteiger partial charge in [0.25, 0.3) is 0 Å². The average molecular weight is 279 g/mol. The second kappa shape index (κ2) is 4.26. The third-order valence-electron chi connectivity index (χ3n) is 2.89. The molecule has 18 heavy (non-hydrogen) atoms. The van der Waals surface area contributed by atoms with Crippen LogP contribution in [0.5, 0.6) is 0 Å². The molecule has 0 bridgehead atoms. The zero-order chi connectivity index (χ0) is 12.7. The minimum Gasteiger partial charge on any atom is -0.369 e. The summed E-state index contributed by atoms with van der Waals surface area (Å²) in [4.78, 5) is 9.75. The van der Waals surface area contributed by atoms with E-state index in [0.29, 0.717) is 17.5 Å². The van der Waals surface area contributed by atoms with Gasteiger partial charge in [0.15, 0.2) is 0 Å². The van der Waals surface area contributed by atoms with Gasteiger partial charge in [0, 0.05) is 9.90 Å². The first-order chi connectivity index (χ1) is 8.65. The fourth-order valence-corrected chi connectivity index (χ4v) is 2.83. The van der Waals surface area contributed by atoms with Crippen LogP contribution in [0.1, 0.15) is 10.6 Å². The molecule has 0 saturated heterocycles. The zero-order valence-electron chi connectivity index (χ0n) is 9.72. The molecule has 2 N–H and O–H groups in total. The summed E-state index contributed by atoms with van der Waals surface area (Å²) in [6, 6.07) is 5.58. The number of thiazole rings is 1. The van der Waals surface area contributed by atoms with Gasteiger partial charge in [0.2, 0.25) is 5.95 Å². The van der Waals surface area contributed by atoms with Crippen LogP contribution in [0, 0.1) is 6.92 Å². The number of imidazole rings is 1. The maximum atomic E-state index is 6.02. The summed E-state index contributed by atoms with van der Waals surface area (Å²) in [6.07, 6.45) is 0. The molecule has 0 saturated carbocycles. The molecule has 0 amide bonds. The largest absolute Gasteiger partial charge is 0.369 e. The number of nitrogen functional groups attached to an aromatic ring is 1. The Kier molecular flexibility index (Phi) is 2.72. The van der Waals surface area contributed by atoms with Crippen LogP contribution in [0.15, 0.2) is 23.7 Å². The summed E-state index contributed by atoms with van der Waals surface area (Å²) in [6.45, 7) is 2.67. The summed E-state index contributed by atoms with van der Waals surface area (Å²) < 4.78 is 1.96. The molecule has 3 aromatic rings. The van der Waals surface area contributed by atoms with Crippen LogP contribution in [-0.2, 0) is 6.54 Å². The van der Waals surface area contributed by atoms with Gasteiger partial charge in [0.05, 0.1) is 28.8 Å². The molecule has 0 unspecified atom stereocenters. The van der Waals surface area contributed by atoms with Crippen LogP contribution in [0.2, 0.25) is 5.02 Å². The van der Waals surface area contributed by atoms with Gasteiger partial charge < -0.3 is 10.3 Å². The van der Waals surface area contributed by atoms with Crippen LogP contribution in [0.4, 0.5) is 5.95 Å². The Morgan fingerprint density at radius 3 is 3.00 bits per heavy atom. The number of hydrogen-bond acceptors (Lipinski definition) is 4. The van der Waals surface area contributed by atoms with Crippen molar-refractivity contribution in [1.29, 1.82) is 0 Å². The van der Waals surface area contributed by atoms with Crippen molar-refractivity contribution in [2.24, 2.45) is 0 Å². The molecule has 2 heterocycles. The fourth-order valence-electron chi connectivity index (χ4n) is 1.90. The predicted octanol–water partition coefficient (Wildman–Crippen LogP) is 3.09.